The zero-order chi connectivity index (χ0) is 14.9. The van der Waals surface area contributed by atoms with Gasteiger partial charge in [0.05, 0.1) is 0 Å². The molecule has 0 saturated heterocycles. The van der Waals surface area contributed by atoms with Crippen LogP contribution in [0.15, 0.2) is 0 Å². The van der Waals surface area contributed by atoms with Crippen molar-refractivity contribution in [1.29, 1.82) is 0 Å². The van der Waals surface area contributed by atoms with Gasteiger partial charge in [-0.15, -0.1) is 0 Å². The molecule has 0 radical (unpaired) electrons. The van der Waals surface area contributed by atoms with Crippen LogP contribution in [0.2, 0.25) is 0 Å². The normalized spacial score (nSPS) is 13.1. The zero-order valence-corrected chi connectivity index (χ0v) is 12.5. The highest BCUT2D eigenvalue weighted by atomic mass is 16.5. The Balaban J connectivity index is 4.05. The van der Waals surface area contributed by atoms with E-state index < -0.39 is 12.0 Å². The maximum atomic E-state index is 11.6. The molecule has 19 heavy (non-hydrogen) atoms. The predicted molar refractivity (Wildman–Crippen MR) is 74.0 cm³/mol. The van der Waals surface area contributed by atoms with Crippen molar-refractivity contribution in [2.75, 3.05) is 13.7 Å². The van der Waals surface area contributed by atoms with Crippen molar-refractivity contribution in [1.82, 2.24) is 5.32 Å². The smallest absolute Gasteiger partial charge is 0.326 e. The number of carboxylic acid groups (broad SMARTS) is 1. The Bertz CT molecular complexity index is 284. The van der Waals surface area contributed by atoms with E-state index in [1.807, 2.05) is 0 Å². The standard InChI is InChI=1S/C14H27NO4/c1-14(2,3)9-8-11(13(17)18)15-12(16)7-5-6-10-19-4/h11H,5-10H2,1-4H3,(H,15,16)(H,17,18). The number of hydrogen-bond donors (Lipinski definition) is 2. The van der Waals surface area contributed by atoms with Crippen LogP contribution in [0.5, 0.6) is 0 Å². The Kier molecular flexibility index (Phi) is 8.39. The number of aliphatic carboxylic acids is 1. The predicted octanol–water partition coefficient (Wildman–Crippen LogP) is 2.20. The fourth-order valence-corrected chi connectivity index (χ4v) is 1.63. The van der Waals surface area contributed by atoms with Gasteiger partial charge in [0.25, 0.3) is 0 Å². The summed E-state index contributed by atoms with van der Waals surface area (Å²) in [6.45, 7) is 6.79. The average molecular weight is 273 g/mol. The Hall–Kier alpha value is -1.10. The van der Waals surface area contributed by atoms with E-state index in [1.165, 1.54) is 0 Å². The topological polar surface area (TPSA) is 75.6 Å². The number of carboxylic acids is 1. The number of amides is 1. The van der Waals surface area contributed by atoms with Crippen LogP contribution < -0.4 is 5.32 Å². The molecule has 0 saturated carbocycles. The van der Waals surface area contributed by atoms with Crippen molar-refractivity contribution in [3.8, 4) is 0 Å². The maximum Gasteiger partial charge on any atom is 0.326 e. The molecule has 0 aromatic carbocycles. The van der Waals surface area contributed by atoms with Gasteiger partial charge in [-0.3, -0.25) is 4.79 Å². The second-order valence-electron chi connectivity index (χ2n) is 6.01. The number of unbranched alkanes of at least 4 members (excludes halogenated alkanes) is 1. The number of methoxy groups -OCH3 is 1. The van der Waals surface area contributed by atoms with E-state index in [1.54, 1.807) is 7.11 Å². The Morgan fingerprint density at radius 1 is 1.26 bits per heavy atom. The lowest BCUT2D eigenvalue weighted by Crippen LogP contribution is -2.41. The van der Waals surface area contributed by atoms with Crippen molar-refractivity contribution in [3.63, 3.8) is 0 Å². The summed E-state index contributed by atoms with van der Waals surface area (Å²) in [6.07, 6.45) is 3.09. The number of carbonyl (C=O) groups is 2. The van der Waals surface area contributed by atoms with Gasteiger partial charge in [0, 0.05) is 20.1 Å². The molecule has 2 N–H and O–H groups in total. The number of rotatable bonds is 9. The summed E-state index contributed by atoms with van der Waals surface area (Å²) in [5, 5.41) is 11.7. The minimum atomic E-state index is -0.963. The Morgan fingerprint density at radius 2 is 1.89 bits per heavy atom. The molecule has 1 amide bonds. The minimum Gasteiger partial charge on any atom is -0.480 e. The van der Waals surface area contributed by atoms with Gasteiger partial charge < -0.3 is 15.2 Å². The number of hydrogen-bond acceptors (Lipinski definition) is 3. The molecule has 0 aromatic rings. The van der Waals surface area contributed by atoms with Crippen LogP contribution in [0.4, 0.5) is 0 Å². The molecule has 0 spiro atoms. The third-order valence-corrected chi connectivity index (χ3v) is 2.82. The van der Waals surface area contributed by atoms with E-state index in [4.69, 9.17) is 9.84 Å². The van der Waals surface area contributed by atoms with Gasteiger partial charge in [0.1, 0.15) is 6.04 Å². The van der Waals surface area contributed by atoms with Crippen LogP contribution >= 0.6 is 0 Å². The maximum absolute atomic E-state index is 11.6. The lowest BCUT2D eigenvalue weighted by atomic mass is 9.88. The molecular weight excluding hydrogens is 246 g/mol. The van der Waals surface area contributed by atoms with Crippen LogP contribution in [0.1, 0.15) is 52.9 Å². The quantitative estimate of drug-likeness (QED) is 0.631. The first-order valence-corrected chi connectivity index (χ1v) is 6.77. The molecule has 0 bridgehead atoms. The molecule has 0 aromatic heterocycles. The van der Waals surface area contributed by atoms with Gasteiger partial charge in [-0.1, -0.05) is 20.8 Å². The first-order chi connectivity index (χ1) is 8.76. The van der Waals surface area contributed by atoms with E-state index in [0.29, 0.717) is 25.9 Å². The molecule has 1 atom stereocenters. The zero-order valence-electron chi connectivity index (χ0n) is 12.5. The highest BCUT2D eigenvalue weighted by Gasteiger charge is 2.22. The molecule has 112 valence electrons. The van der Waals surface area contributed by atoms with Crippen molar-refractivity contribution < 1.29 is 19.4 Å². The SMILES string of the molecule is COCCCCC(=O)NC(CCC(C)(C)C)C(=O)O. The molecule has 0 fully saturated rings. The number of carbonyl (C=O) groups excluding carboxylic acids is 1. The molecule has 0 aliphatic carbocycles. The van der Waals surface area contributed by atoms with Crippen molar-refractivity contribution in [3.05, 3.63) is 0 Å². The third-order valence-electron chi connectivity index (χ3n) is 2.82. The fourth-order valence-electron chi connectivity index (χ4n) is 1.63. The summed E-state index contributed by atoms with van der Waals surface area (Å²) >= 11 is 0. The largest absolute Gasteiger partial charge is 0.480 e. The summed E-state index contributed by atoms with van der Waals surface area (Å²) in [6, 6.07) is -0.783. The molecular formula is C14H27NO4. The average Bonchev–Trinajstić information content (AvgIpc) is 2.28. The second-order valence-corrected chi connectivity index (χ2v) is 6.01. The number of nitrogens with one attached hydrogen (secondary N) is 1. The Morgan fingerprint density at radius 3 is 2.37 bits per heavy atom. The highest BCUT2D eigenvalue weighted by molar-refractivity contribution is 5.83. The summed E-state index contributed by atoms with van der Waals surface area (Å²) in [7, 11) is 1.62. The lowest BCUT2D eigenvalue weighted by Gasteiger charge is -2.21. The molecule has 0 rings (SSSR count). The van der Waals surface area contributed by atoms with Crippen LogP contribution in [0.25, 0.3) is 0 Å². The molecule has 1 unspecified atom stereocenters. The molecule has 0 aliphatic rings. The number of ether oxygens (including phenoxy) is 1. The summed E-state index contributed by atoms with van der Waals surface area (Å²) in [4.78, 5) is 22.7. The summed E-state index contributed by atoms with van der Waals surface area (Å²) in [5.41, 5.74) is 0.0664. The van der Waals surface area contributed by atoms with Crippen molar-refractivity contribution >= 4 is 11.9 Å². The first-order valence-electron chi connectivity index (χ1n) is 6.77. The molecule has 0 heterocycles. The van der Waals surface area contributed by atoms with Crippen LogP contribution in [-0.2, 0) is 14.3 Å². The van der Waals surface area contributed by atoms with Gasteiger partial charge in [-0.05, 0) is 31.1 Å². The summed E-state index contributed by atoms with van der Waals surface area (Å²) < 4.78 is 4.89. The fraction of sp³-hybridized carbons (Fsp3) is 0.857. The van der Waals surface area contributed by atoms with Gasteiger partial charge in [0.15, 0.2) is 0 Å². The van der Waals surface area contributed by atoms with Crippen molar-refractivity contribution in [2.24, 2.45) is 5.41 Å². The molecule has 0 aliphatic heterocycles. The minimum absolute atomic E-state index is 0.0664. The third kappa shape index (κ3) is 10.5. The van der Waals surface area contributed by atoms with E-state index in [-0.39, 0.29) is 11.3 Å². The van der Waals surface area contributed by atoms with E-state index in [9.17, 15) is 9.59 Å². The monoisotopic (exact) mass is 273 g/mol. The molecule has 5 heteroatoms. The van der Waals surface area contributed by atoms with Gasteiger partial charge in [-0.25, -0.2) is 4.79 Å². The second kappa shape index (κ2) is 8.91. The van der Waals surface area contributed by atoms with E-state index in [2.05, 4.69) is 26.1 Å². The first kappa shape index (κ1) is 17.9. The van der Waals surface area contributed by atoms with Crippen LogP contribution in [-0.4, -0.2) is 36.7 Å². The van der Waals surface area contributed by atoms with Crippen LogP contribution in [0.3, 0.4) is 0 Å². The van der Waals surface area contributed by atoms with Crippen LogP contribution in [0, 0.1) is 5.41 Å². The lowest BCUT2D eigenvalue weighted by molar-refractivity contribution is -0.142. The van der Waals surface area contributed by atoms with E-state index >= 15 is 0 Å². The Labute approximate surface area is 115 Å². The van der Waals surface area contributed by atoms with Gasteiger partial charge in [0.2, 0.25) is 5.91 Å². The van der Waals surface area contributed by atoms with E-state index in [0.717, 1.165) is 12.8 Å². The highest BCUT2D eigenvalue weighted by Crippen LogP contribution is 2.21. The van der Waals surface area contributed by atoms with Gasteiger partial charge >= 0.3 is 5.97 Å². The summed E-state index contributed by atoms with van der Waals surface area (Å²) in [5.74, 6) is -1.16. The molecule has 5 nitrogen and oxygen atoms in total. The van der Waals surface area contributed by atoms with Crippen molar-refractivity contribution in [2.45, 2.75) is 58.9 Å². The van der Waals surface area contributed by atoms with Gasteiger partial charge in [-0.2, -0.15) is 0 Å².